The molecule has 7 nitrogen and oxygen atoms in total. The zero-order valence-electron chi connectivity index (χ0n) is 9.39. The Kier molecular flexibility index (Phi) is 4.11. The standard InChI is InChI=1S/C9H6F3N3O4/c1-18-7-4-6(15(16)17)8(19-9(10,11)12)14-5(7)2-3-13/h4H,2H2,1H3. The summed E-state index contributed by atoms with van der Waals surface area (Å²) in [4.78, 5) is 12.9. The van der Waals surface area contributed by atoms with E-state index in [2.05, 4.69) is 9.72 Å². The topological polar surface area (TPSA) is 98.3 Å². The predicted molar refractivity (Wildman–Crippen MR) is 53.4 cm³/mol. The molecule has 0 fully saturated rings. The molecule has 0 N–H and O–H groups in total. The summed E-state index contributed by atoms with van der Waals surface area (Å²) in [6.45, 7) is 0. The molecule has 0 amide bonds. The molecule has 0 saturated carbocycles. The van der Waals surface area contributed by atoms with Crippen LogP contribution in [0.1, 0.15) is 5.69 Å². The van der Waals surface area contributed by atoms with Crippen molar-refractivity contribution in [3.63, 3.8) is 0 Å². The maximum atomic E-state index is 12.1. The molecule has 0 radical (unpaired) electrons. The molecule has 1 rings (SSSR count). The Hall–Kier alpha value is -2.57. The van der Waals surface area contributed by atoms with Crippen molar-refractivity contribution in [3.05, 3.63) is 21.9 Å². The third-order valence-corrected chi connectivity index (χ3v) is 1.88. The summed E-state index contributed by atoms with van der Waals surface area (Å²) in [5.41, 5.74) is -1.19. The second kappa shape index (κ2) is 5.38. The number of ether oxygens (including phenoxy) is 2. The van der Waals surface area contributed by atoms with Gasteiger partial charge in [0.1, 0.15) is 11.4 Å². The molecule has 0 bridgehead atoms. The summed E-state index contributed by atoms with van der Waals surface area (Å²) in [7, 11) is 1.14. The lowest BCUT2D eigenvalue weighted by molar-refractivity contribution is -0.389. The number of methoxy groups -OCH3 is 1. The van der Waals surface area contributed by atoms with Crippen LogP contribution in [-0.2, 0) is 6.42 Å². The van der Waals surface area contributed by atoms with E-state index in [0.717, 1.165) is 13.2 Å². The summed E-state index contributed by atoms with van der Waals surface area (Å²) in [6, 6.07) is 2.37. The molecule has 10 heteroatoms. The van der Waals surface area contributed by atoms with Crippen molar-refractivity contribution in [1.82, 2.24) is 4.98 Å². The molecule has 0 aliphatic carbocycles. The van der Waals surface area contributed by atoms with Crippen LogP contribution < -0.4 is 9.47 Å². The minimum absolute atomic E-state index is 0.164. The first-order valence-corrected chi connectivity index (χ1v) is 4.63. The molecule has 0 spiro atoms. The van der Waals surface area contributed by atoms with Crippen molar-refractivity contribution in [3.8, 4) is 17.7 Å². The van der Waals surface area contributed by atoms with Crippen LogP contribution in [-0.4, -0.2) is 23.4 Å². The van der Waals surface area contributed by atoms with E-state index in [4.69, 9.17) is 10.00 Å². The normalized spacial score (nSPS) is 10.7. The van der Waals surface area contributed by atoms with Crippen LogP contribution in [0, 0.1) is 21.4 Å². The van der Waals surface area contributed by atoms with Gasteiger partial charge in [0, 0.05) is 0 Å². The number of nitrogens with zero attached hydrogens (tertiary/aromatic N) is 3. The van der Waals surface area contributed by atoms with Crippen molar-refractivity contribution in [1.29, 1.82) is 5.26 Å². The fourth-order valence-corrected chi connectivity index (χ4v) is 1.20. The number of rotatable bonds is 4. The first-order valence-electron chi connectivity index (χ1n) is 4.63. The quantitative estimate of drug-likeness (QED) is 0.616. The Morgan fingerprint density at radius 2 is 2.21 bits per heavy atom. The summed E-state index contributed by atoms with van der Waals surface area (Å²) in [5, 5.41) is 19.1. The average Bonchev–Trinajstić information content (AvgIpc) is 2.27. The van der Waals surface area contributed by atoms with Gasteiger partial charge in [-0.05, 0) is 0 Å². The smallest absolute Gasteiger partial charge is 0.495 e. The van der Waals surface area contributed by atoms with Crippen LogP contribution in [0.5, 0.6) is 11.6 Å². The predicted octanol–water partition coefficient (Wildman–Crippen LogP) is 1.96. The molecular weight excluding hydrogens is 271 g/mol. The molecule has 102 valence electrons. The van der Waals surface area contributed by atoms with Gasteiger partial charge in [0.05, 0.1) is 30.6 Å². The Bertz CT molecular complexity index is 539. The van der Waals surface area contributed by atoms with Crippen molar-refractivity contribution < 1.29 is 27.6 Å². The Morgan fingerprint density at radius 3 is 2.63 bits per heavy atom. The van der Waals surface area contributed by atoms with Gasteiger partial charge >= 0.3 is 17.9 Å². The number of nitriles is 1. The summed E-state index contributed by atoms with van der Waals surface area (Å²) in [6.07, 6.45) is -5.51. The van der Waals surface area contributed by atoms with Crippen molar-refractivity contribution in [2.24, 2.45) is 0 Å². The van der Waals surface area contributed by atoms with E-state index in [9.17, 15) is 23.3 Å². The highest BCUT2D eigenvalue weighted by Gasteiger charge is 2.36. The average molecular weight is 277 g/mol. The highest BCUT2D eigenvalue weighted by atomic mass is 19.4. The molecule has 1 aromatic rings. The minimum atomic E-state index is -5.13. The lowest BCUT2D eigenvalue weighted by Crippen LogP contribution is -2.19. The van der Waals surface area contributed by atoms with Gasteiger partial charge in [0.15, 0.2) is 0 Å². The molecule has 19 heavy (non-hydrogen) atoms. The number of hydrogen-bond acceptors (Lipinski definition) is 6. The van der Waals surface area contributed by atoms with E-state index < -0.39 is 22.9 Å². The maximum Gasteiger partial charge on any atom is 0.574 e. The van der Waals surface area contributed by atoms with Gasteiger partial charge in [-0.1, -0.05) is 0 Å². The Balaban J connectivity index is 3.37. The van der Waals surface area contributed by atoms with Gasteiger partial charge in [0.2, 0.25) is 0 Å². The van der Waals surface area contributed by atoms with E-state index in [-0.39, 0.29) is 17.9 Å². The summed E-state index contributed by atoms with van der Waals surface area (Å²) in [5.74, 6) is -1.40. The zero-order valence-corrected chi connectivity index (χ0v) is 9.39. The van der Waals surface area contributed by atoms with E-state index >= 15 is 0 Å². The van der Waals surface area contributed by atoms with Crippen molar-refractivity contribution in [2.75, 3.05) is 7.11 Å². The molecule has 1 heterocycles. The fourth-order valence-electron chi connectivity index (χ4n) is 1.20. The van der Waals surface area contributed by atoms with Gasteiger partial charge in [-0.15, -0.1) is 13.2 Å². The van der Waals surface area contributed by atoms with Crippen LogP contribution in [0.2, 0.25) is 0 Å². The summed E-state index contributed by atoms with van der Waals surface area (Å²) < 4.78 is 44.5. The number of pyridine rings is 1. The second-order valence-electron chi connectivity index (χ2n) is 3.10. The van der Waals surface area contributed by atoms with Crippen LogP contribution in [0.3, 0.4) is 0 Å². The third-order valence-electron chi connectivity index (χ3n) is 1.88. The molecule has 0 aliphatic rings. The van der Waals surface area contributed by atoms with Crippen LogP contribution in [0.15, 0.2) is 6.07 Å². The maximum absolute atomic E-state index is 12.1. The van der Waals surface area contributed by atoms with Crippen molar-refractivity contribution in [2.45, 2.75) is 12.8 Å². The van der Waals surface area contributed by atoms with Gasteiger partial charge < -0.3 is 9.47 Å². The highest BCUT2D eigenvalue weighted by Crippen LogP contribution is 2.34. The minimum Gasteiger partial charge on any atom is -0.495 e. The Morgan fingerprint density at radius 1 is 1.58 bits per heavy atom. The van der Waals surface area contributed by atoms with E-state index in [1.165, 1.54) is 0 Å². The molecule has 1 aromatic heterocycles. The molecule has 0 saturated heterocycles. The first-order chi connectivity index (χ1) is 8.78. The van der Waals surface area contributed by atoms with Gasteiger partial charge in [-0.25, -0.2) is 4.98 Å². The van der Waals surface area contributed by atoms with Gasteiger partial charge in [-0.3, -0.25) is 10.1 Å². The Labute approximate surface area is 104 Å². The third kappa shape index (κ3) is 3.70. The zero-order chi connectivity index (χ0) is 14.6. The van der Waals surface area contributed by atoms with E-state index in [0.29, 0.717) is 0 Å². The van der Waals surface area contributed by atoms with Crippen LogP contribution >= 0.6 is 0 Å². The fraction of sp³-hybridized carbons (Fsp3) is 0.333. The van der Waals surface area contributed by atoms with Crippen LogP contribution in [0.4, 0.5) is 18.9 Å². The van der Waals surface area contributed by atoms with Gasteiger partial charge in [-0.2, -0.15) is 5.26 Å². The number of alkyl halides is 3. The number of halogens is 3. The first kappa shape index (κ1) is 14.5. The monoisotopic (exact) mass is 277 g/mol. The molecular formula is C9H6F3N3O4. The second-order valence-corrected chi connectivity index (χ2v) is 3.10. The molecule has 0 atom stereocenters. The SMILES string of the molecule is COc1cc([N+](=O)[O-])c(OC(F)(F)F)nc1CC#N. The van der Waals surface area contributed by atoms with Crippen LogP contribution in [0.25, 0.3) is 0 Å². The number of nitro groups is 1. The largest absolute Gasteiger partial charge is 0.574 e. The van der Waals surface area contributed by atoms with Gasteiger partial charge in [0.25, 0.3) is 0 Å². The number of hydrogen-bond donors (Lipinski definition) is 0. The molecule has 0 aromatic carbocycles. The highest BCUT2D eigenvalue weighted by molar-refractivity contribution is 5.49. The number of aromatic nitrogens is 1. The lowest BCUT2D eigenvalue weighted by Gasteiger charge is -2.11. The lowest BCUT2D eigenvalue weighted by atomic mass is 10.2. The molecule has 0 aliphatic heterocycles. The van der Waals surface area contributed by atoms with E-state index in [1.54, 1.807) is 6.07 Å². The van der Waals surface area contributed by atoms with E-state index in [1.807, 2.05) is 0 Å². The molecule has 0 unspecified atom stereocenters. The summed E-state index contributed by atoms with van der Waals surface area (Å²) >= 11 is 0. The van der Waals surface area contributed by atoms with Crippen molar-refractivity contribution >= 4 is 5.69 Å².